The number of piperazine rings is 1. The molecule has 0 radical (unpaired) electrons. The molecule has 1 N–H and O–H groups in total. The highest BCUT2D eigenvalue weighted by molar-refractivity contribution is 5.46. The van der Waals surface area contributed by atoms with E-state index in [-0.39, 0.29) is 0 Å². The number of rotatable bonds is 2. The van der Waals surface area contributed by atoms with Crippen molar-refractivity contribution in [2.75, 3.05) is 24.5 Å². The molecule has 1 aromatic carbocycles. The van der Waals surface area contributed by atoms with E-state index in [0.29, 0.717) is 6.04 Å². The van der Waals surface area contributed by atoms with Crippen LogP contribution in [-0.2, 0) is 0 Å². The zero-order chi connectivity index (χ0) is 9.80. The maximum atomic E-state index is 3.53. The minimum Gasteiger partial charge on any atom is -0.369 e. The monoisotopic (exact) mass is 190 g/mol. The third-order valence-corrected chi connectivity index (χ3v) is 2.87. The normalized spacial score (nSPS) is 22.4. The van der Waals surface area contributed by atoms with E-state index in [1.165, 1.54) is 12.1 Å². The molecule has 2 nitrogen and oxygen atoms in total. The fourth-order valence-electron chi connectivity index (χ4n) is 1.97. The molecule has 0 aliphatic carbocycles. The van der Waals surface area contributed by atoms with Gasteiger partial charge in [-0.2, -0.15) is 0 Å². The second-order valence-corrected chi connectivity index (χ2v) is 3.84. The molecule has 14 heavy (non-hydrogen) atoms. The Morgan fingerprint density at radius 3 is 2.86 bits per heavy atom. The summed E-state index contributed by atoms with van der Waals surface area (Å²) in [6.45, 7) is 5.61. The van der Waals surface area contributed by atoms with Crippen molar-refractivity contribution in [3.8, 4) is 0 Å². The molecular weight excluding hydrogens is 172 g/mol. The minimum absolute atomic E-state index is 0.656. The second-order valence-electron chi connectivity index (χ2n) is 3.84. The van der Waals surface area contributed by atoms with Gasteiger partial charge in [-0.3, -0.25) is 0 Å². The Morgan fingerprint density at radius 2 is 2.14 bits per heavy atom. The van der Waals surface area contributed by atoms with Crippen LogP contribution >= 0.6 is 0 Å². The third-order valence-electron chi connectivity index (χ3n) is 2.87. The molecule has 1 heterocycles. The molecule has 1 aliphatic heterocycles. The lowest BCUT2D eigenvalue weighted by Crippen LogP contribution is -2.50. The molecule has 1 fully saturated rings. The van der Waals surface area contributed by atoms with Crippen molar-refractivity contribution in [3.05, 3.63) is 30.3 Å². The maximum Gasteiger partial charge on any atom is 0.0367 e. The second kappa shape index (κ2) is 4.47. The molecule has 76 valence electrons. The fraction of sp³-hybridized carbons (Fsp3) is 0.500. The van der Waals surface area contributed by atoms with Crippen molar-refractivity contribution in [2.24, 2.45) is 0 Å². The van der Waals surface area contributed by atoms with Gasteiger partial charge in [0.05, 0.1) is 0 Å². The fourth-order valence-corrected chi connectivity index (χ4v) is 1.97. The highest BCUT2D eigenvalue weighted by Crippen LogP contribution is 2.15. The Hall–Kier alpha value is -1.02. The van der Waals surface area contributed by atoms with Crippen LogP contribution in [0.3, 0.4) is 0 Å². The zero-order valence-corrected chi connectivity index (χ0v) is 8.74. The van der Waals surface area contributed by atoms with Gasteiger partial charge in [-0.05, 0) is 18.6 Å². The van der Waals surface area contributed by atoms with E-state index in [0.717, 1.165) is 19.6 Å². The Kier molecular flexibility index (Phi) is 3.04. The van der Waals surface area contributed by atoms with Crippen LogP contribution in [-0.4, -0.2) is 25.7 Å². The number of para-hydroxylation sites is 1. The van der Waals surface area contributed by atoms with Crippen LogP contribution in [0.25, 0.3) is 0 Å². The molecule has 0 amide bonds. The summed E-state index contributed by atoms with van der Waals surface area (Å²) in [6.07, 6.45) is 1.21. The van der Waals surface area contributed by atoms with Crippen molar-refractivity contribution < 1.29 is 0 Å². The average Bonchev–Trinajstić information content (AvgIpc) is 2.30. The largest absolute Gasteiger partial charge is 0.369 e. The molecule has 0 bridgehead atoms. The summed E-state index contributed by atoms with van der Waals surface area (Å²) in [6, 6.07) is 11.3. The summed E-state index contributed by atoms with van der Waals surface area (Å²) >= 11 is 0. The summed E-state index contributed by atoms with van der Waals surface area (Å²) in [4.78, 5) is 2.46. The maximum absolute atomic E-state index is 3.53. The first-order valence-corrected chi connectivity index (χ1v) is 5.43. The predicted octanol–water partition coefficient (Wildman–Crippen LogP) is 1.87. The van der Waals surface area contributed by atoms with E-state index in [1.54, 1.807) is 0 Å². The Morgan fingerprint density at radius 1 is 1.36 bits per heavy atom. The van der Waals surface area contributed by atoms with E-state index in [1.807, 2.05) is 0 Å². The third kappa shape index (κ3) is 2.07. The van der Waals surface area contributed by atoms with Gasteiger partial charge in [-0.25, -0.2) is 0 Å². The average molecular weight is 190 g/mol. The lowest BCUT2D eigenvalue weighted by atomic mass is 10.1. The SMILES string of the molecule is CC[C@@H]1CN(c2ccccc2)CCN1. The molecule has 1 aromatic rings. The van der Waals surface area contributed by atoms with Crippen molar-refractivity contribution in [3.63, 3.8) is 0 Å². The van der Waals surface area contributed by atoms with E-state index in [9.17, 15) is 0 Å². The van der Waals surface area contributed by atoms with Gasteiger partial charge in [0.15, 0.2) is 0 Å². The van der Waals surface area contributed by atoms with E-state index >= 15 is 0 Å². The highest BCUT2D eigenvalue weighted by Gasteiger charge is 2.17. The summed E-state index contributed by atoms with van der Waals surface area (Å²) in [7, 11) is 0. The van der Waals surface area contributed by atoms with Gasteiger partial charge in [0, 0.05) is 31.4 Å². The van der Waals surface area contributed by atoms with Crippen molar-refractivity contribution >= 4 is 5.69 Å². The van der Waals surface area contributed by atoms with Crippen LogP contribution in [0.1, 0.15) is 13.3 Å². The Labute approximate surface area is 85.9 Å². The van der Waals surface area contributed by atoms with E-state index in [2.05, 4.69) is 47.5 Å². The van der Waals surface area contributed by atoms with E-state index in [4.69, 9.17) is 0 Å². The molecule has 1 aliphatic rings. The Balaban J connectivity index is 2.04. The van der Waals surface area contributed by atoms with Crippen LogP contribution < -0.4 is 10.2 Å². The summed E-state index contributed by atoms with van der Waals surface area (Å²) < 4.78 is 0. The Bertz CT molecular complexity index is 271. The molecule has 1 saturated heterocycles. The molecule has 2 heteroatoms. The van der Waals surface area contributed by atoms with Gasteiger partial charge in [0.2, 0.25) is 0 Å². The van der Waals surface area contributed by atoms with Crippen LogP contribution in [0, 0.1) is 0 Å². The molecule has 2 rings (SSSR count). The molecule has 0 saturated carbocycles. The highest BCUT2D eigenvalue weighted by atomic mass is 15.2. The number of nitrogens with one attached hydrogen (secondary N) is 1. The van der Waals surface area contributed by atoms with Crippen molar-refractivity contribution in [1.29, 1.82) is 0 Å². The lowest BCUT2D eigenvalue weighted by Gasteiger charge is -2.34. The number of hydrogen-bond donors (Lipinski definition) is 1. The van der Waals surface area contributed by atoms with Crippen molar-refractivity contribution in [2.45, 2.75) is 19.4 Å². The minimum atomic E-state index is 0.656. The van der Waals surface area contributed by atoms with Crippen LogP contribution in [0.2, 0.25) is 0 Å². The van der Waals surface area contributed by atoms with Crippen molar-refractivity contribution in [1.82, 2.24) is 5.32 Å². The topological polar surface area (TPSA) is 15.3 Å². The standard InChI is InChI=1S/C12H18N2/c1-2-11-10-14(9-8-13-11)12-6-4-3-5-7-12/h3-7,11,13H,2,8-10H2,1H3/t11-/m1/s1. The van der Waals surface area contributed by atoms with Crippen LogP contribution in [0.4, 0.5) is 5.69 Å². The first-order chi connectivity index (χ1) is 6.90. The predicted molar refractivity (Wildman–Crippen MR) is 60.7 cm³/mol. The summed E-state index contributed by atoms with van der Waals surface area (Å²) in [5.74, 6) is 0. The number of hydrogen-bond acceptors (Lipinski definition) is 2. The molecule has 0 aromatic heterocycles. The smallest absolute Gasteiger partial charge is 0.0367 e. The number of anilines is 1. The summed E-state index contributed by atoms with van der Waals surface area (Å²) in [5, 5.41) is 3.53. The molecule has 0 spiro atoms. The van der Waals surface area contributed by atoms with Crippen LogP contribution in [0.15, 0.2) is 30.3 Å². The van der Waals surface area contributed by atoms with E-state index < -0.39 is 0 Å². The number of benzene rings is 1. The summed E-state index contributed by atoms with van der Waals surface area (Å²) in [5.41, 5.74) is 1.35. The van der Waals surface area contributed by atoms with Gasteiger partial charge in [0.1, 0.15) is 0 Å². The molecule has 1 atom stereocenters. The lowest BCUT2D eigenvalue weighted by molar-refractivity contribution is 0.447. The van der Waals surface area contributed by atoms with Gasteiger partial charge in [0.25, 0.3) is 0 Å². The van der Waals surface area contributed by atoms with Gasteiger partial charge in [-0.15, -0.1) is 0 Å². The molecular formula is C12H18N2. The first kappa shape index (κ1) is 9.53. The van der Waals surface area contributed by atoms with Crippen LogP contribution in [0.5, 0.6) is 0 Å². The molecule has 0 unspecified atom stereocenters. The number of nitrogens with zero attached hydrogens (tertiary/aromatic N) is 1. The van der Waals surface area contributed by atoms with Gasteiger partial charge >= 0.3 is 0 Å². The van der Waals surface area contributed by atoms with Gasteiger partial charge in [-0.1, -0.05) is 25.1 Å². The van der Waals surface area contributed by atoms with Gasteiger partial charge < -0.3 is 10.2 Å². The zero-order valence-electron chi connectivity index (χ0n) is 8.74. The quantitative estimate of drug-likeness (QED) is 0.766. The first-order valence-electron chi connectivity index (χ1n) is 5.43.